The SMILES string of the molecule is COc1ccc(-c2ccnc3cc(C(=O)N[C@H]4CC[C@H](C(=O)NC5CCN(C6CCOCC6)CC5)CC4)nn23)cc1OC. The molecule has 0 atom stereocenters. The normalized spacial score (nSPS) is 22.3. The summed E-state index contributed by atoms with van der Waals surface area (Å²) in [7, 11) is 3.19. The van der Waals surface area contributed by atoms with Gasteiger partial charge in [-0.15, -0.1) is 0 Å². The second-order valence-corrected chi connectivity index (χ2v) is 11.9. The Morgan fingerprint density at radius 1 is 0.860 bits per heavy atom. The fourth-order valence-electron chi connectivity index (χ4n) is 6.76. The lowest BCUT2D eigenvalue weighted by Gasteiger charge is -2.39. The molecule has 2 saturated heterocycles. The number of nitrogens with zero attached hydrogens (tertiary/aromatic N) is 4. The van der Waals surface area contributed by atoms with Crippen molar-refractivity contribution < 1.29 is 23.8 Å². The summed E-state index contributed by atoms with van der Waals surface area (Å²) >= 11 is 0. The fourth-order valence-corrected chi connectivity index (χ4v) is 6.76. The summed E-state index contributed by atoms with van der Waals surface area (Å²) in [4.78, 5) is 33.2. The van der Waals surface area contributed by atoms with Crippen LogP contribution in [0.25, 0.3) is 16.9 Å². The Balaban J connectivity index is 1.00. The minimum Gasteiger partial charge on any atom is -0.493 e. The van der Waals surface area contributed by atoms with Crippen LogP contribution >= 0.6 is 0 Å². The molecule has 2 N–H and O–H groups in total. The van der Waals surface area contributed by atoms with E-state index in [1.54, 1.807) is 31.0 Å². The zero-order chi connectivity index (χ0) is 29.8. The summed E-state index contributed by atoms with van der Waals surface area (Å²) in [5, 5.41) is 11.1. The van der Waals surface area contributed by atoms with E-state index < -0.39 is 0 Å². The summed E-state index contributed by atoms with van der Waals surface area (Å²) in [6.45, 7) is 3.82. The molecule has 11 nitrogen and oxygen atoms in total. The molecule has 2 aliphatic heterocycles. The van der Waals surface area contributed by atoms with Crippen molar-refractivity contribution in [3.8, 4) is 22.8 Å². The number of nitrogens with one attached hydrogen (secondary N) is 2. The van der Waals surface area contributed by atoms with E-state index in [-0.39, 0.29) is 29.8 Å². The Kier molecular flexibility index (Phi) is 9.08. The maximum Gasteiger partial charge on any atom is 0.272 e. The van der Waals surface area contributed by atoms with Crippen molar-refractivity contribution in [2.75, 3.05) is 40.5 Å². The van der Waals surface area contributed by atoms with Crippen LogP contribution in [0.15, 0.2) is 36.5 Å². The molecule has 11 heteroatoms. The predicted molar refractivity (Wildman–Crippen MR) is 161 cm³/mol. The number of fused-ring (bicyclic) bond motifs is 1. The maximum atomic E-state index is 13.2. The molecule has 43 heavy (non-hydrogen) atoms. The molecular weight excluding hydrogens is 548 g/mol. The predicted octanol–water partition coefficient (Wildman–Crippen LogP) is 3.46. The van der Waals surface area contributed by atoms with Gasteiger partial charge in [-0.1, -0.05) is 0 Å². The lowest BCUT2D eigenvalue weighted by Crippen LogP contribution is -2.50. The third-order valence-corrected chi connectivity index (χ3v) is 9.29. The van der Waals surface area contributed by atoms with Crippen LogP contribution < -0.4 is 20.1 Å². The molecule has 3 fully saturated rings. The van der Waals surface area contributed by atoms with Gasteiger partial charge in [0.1, 0.15) is 0 Å². The summed E-state index contributed by atoms with van der Waals surface area (Å²) in [5.41, 5.74) is 2.54. The monoisotopic (exact) mass is 590 g/mol. The molecule has 0 radical (unpaired) electrons. The van der Waals surface area contributed by atoms with Gasteiger partial charge in [-0.3, -0.25) is 9.59 Å². The molecule has 2 aromatic heterocycles. The quantitative estimate of drug-likeness (QED) is 0.410. The van der Waals surface area contributed by atoms with Gasteiger partial charge < -0.3 is 29.7 Å². The molecule has 0 spiro atoms. The number of piperidine rings is 1. The molecule has 2 amide bonds. The highest BCUT2D eigenvalue weighted by atomic mass is 16.5. The molecule has 6 rings (SSSR count). The second-order valence-electron chi connectivity index (χ2n) is 11.9. The third kappa shape index (κ3) is 6.62. The Morgan fingerprint density at radius 3 is 2.30 bits per heavy atom. The van der Waals surface area contributed by atoms with Crippen molar-refractivity contribution in [1.82, 2.24) is 30.1 Å². The van der Waals surface area contributed by atoms with Crippen LogP contribution in [0.1, 0.15) is 61.9 Å². The van der Waals surface area contributed by atoms with E-state index in [9.17, 15) is 9.59 Å². The fraction of sp³-hybridized carbons (Fsp3) is 0.562. The average Bonchev–Trinajstić information content (AvgIpc) is 3.50. The topological polar surface area (TPSA) is 119 Å². The molecule has 1 aliphatic carbocycles. The van der Waals surface area contributed by atoms with Crippen molar-refractivity contribution in [2.45, 2.75) is 69.5 Å². The first-order chi connectivity index (χ1) is 21.0. The van der Waals surface area contributed by atoms with Crippen LogP contribution in [0.4, 0.5) is 0 Å². The van der Waals surface area contributed by atoms with Crippen LogP contribution in [0.2, 0.25) is 0 Å². The Hall–Kier alpha value is -3.70. The van der Waals surface area contributed by atoms with E-state index >= 15 is 0 Å². The van der Waals surface area contributed by atoms with Gasteiger partial charge in [-0.05, 0) is 75.6 Å². The Labute approximate surface area is 252 Å². The highest BCUT2D eigenvalue weighted by Gasteiger charge is 2.31. The number of likely N-dealkylation sites (tertiary alicyclic amines) is 1. The van der Waals surface area contributed by atoms with Gasteiger partial charge in [0.05, 0.1) is 19.9 Å². The molecule has 1 saturated carbocycles. The number of carbonyl (C=O) groups is 2. The first kappa shape index (κ1) is 29.4. The van der Waals surface area contributed by atoms with E-state index in [0.29, 0.717) is 28.9 Å². The van der Waals surface area contributed by atoms with Crippen LogP contribution in [-0.4, -0.2) is 90.0 Å². The first-order valence-electron chi connectivity index (χ1n) is 15.5. The van der Waals surface area contributed by atoms with Crippen molar-refractivity contribution in [2.24, 2.45) is 5.92 Å². The molecule has 0 bridgehead atoms. The molecule has 3 aromatic rings. The number of rotatable bonds is 8. The van der Waals surface area contributed by atoms with Gasteiger partial charge in [-0.25, -0.2) is 9.50 Å². The molecule has 4 heterocycles. The first-order valence-corrected chi connectivity index (χ1v) is 15.5. The van der Waals surface area contributed by atoms with Crippen molar-refractivity contribution >= 4 is 17.5 Å². The number of benzene rings is 1. The molecule has 3 aliphatic rings. The zero-order valence-electron chi connectivity index (χ0n) is 25.1. The second kappa shape index (κ2) is 13.3. The Bertz CT molecular complexity index is 1420. The highest BCUT2D eigenvalue weighted by molar-refractivity contribution is 5.93. The van der Waals surface area contributed by atoms with Gasteiger partial charge in [0.25, 0.3) is 5.91 Å². The molecule has 0 unspecified atom stereocenters. The minimum absolute atomic E-state index is 0.00474. The largest absolute Gasteiger partial charge is 0.493 e. The number of carbonyl (C=O) groups excluding carboxylic acids is 2. The van der Waals surface area contributed by atoms with Crippen LogP contribution in [0.5, 0.6) is 11.5 Å². The maximum absolute atomic E-state index is 13.2. The zero-order valence-corrected chi connectivity index (χ0v) is 25.1. The number of amides is 2. The number of ether oxygens (including phenoxy) is 3. The van der Waals surface area contributed by atoms with E-state index in [1.807, 2.05) is 24.3 Å². The summed E-state index contributed by atoms with van der Waals surface area (Å²) in [6.07, 6.45) is 9.04. The lowest BCUT2D eigenvalue weighted by atomic mass is 9.85. The molecular formula is C32H42N6O5. The van der Waals surface area contributed by atoms with E-state index in [0.717, 1.165) is 88.9 Å². The van der Waals surface area contributed by atoms with Crippen LogP contribution in [0, 0.1) is 5.92 Å². The lowest BCUT2D eigenvalue weighted by molar-refractivity contribution is -0.127. The standard InChI is InChI=1S/C32H42N6O5/c1-41-28-8-5-22(19-29(28)42-2)27-9-14-33-30-20-26(36-38(27)30)32(40)35-23-6-3-21(4-7-23)31(39)34-24-10-15-37(16-11-24)25-12-17-43-18-13-25/h5,8-9,14,19-21,23-25H,3-4,6-7,10-13,15-18H2,1-2H3,(H,34,39)(H,35,40)/t21-,23-. The average molecular weight is 591 g/mol. The van der Waals surface area contributed by atoms with Gasteiger partial charge in [0.15, 0.2) is 22.8 Å². The smallest absolute Gasteiger partial charge is 0.272 e. The van der Waals surface area contributed by atoms with Crippen molar-refractivity contribution in [3.05, 3.63) is 42.2 Å². The van der Waals surface area contributed by atoms with Gasteiger partial charge >= 0.3 is 0 Å². The number of hydrogen-bond acceptors (Lipinski definition) is 8. The highest BCUT2D eigenvalue weighted by Crippen LogP contribution is 2.32. The molecule has 1 aromatic carbocycles. The summed E-state index contributed by atoms with van der Waals surface area (Å²) in [6, 6.07) is 10.1. The number of aromatic nitrogens is 3. The van der Waals surface area contributed by atoms with E-state index in [4.69, 9.17) is 14.2 Å². The van der Waals surface area contributed by atoms with Gasteiger partial charge in [0, 0.05) is 68.2 Å². The summed E-state index contributed by atoms with van der Waals surface area (Å²) < 4.78 is 18.0. The van der Waals surface area contributed by atoms with Crippen molar-refractivity contribution in [1.29, 1.82) is 0 Å². The van der Waals surface area contributed by atoms with Gasteiger partial charge in [0.2, 0.25) is 5.91 Å². The number of hydrogen-bond donors (Lipinski definition) is 2. The Morgan fingerprint density at radius 2 is 1.58 bits per heavy atom. The van der Waals surface area contributed by atoms with Crippen molar-refractivity contribution in [3.63, 3.8) is 0 Å². The van der Waals surface area contributed by atoms with E-state index in [2.05, 4.69) is 25.6 Å². The van der Waals surface area contributed by atoms with Crippen LogP contribution in [0.3, 0.4) is 0 Å². The summed E-state index contributed by atoms with van der Waals surface area (Å²) in [5.74, 6) is 1.19. The molecule has 230 valence electrons. The van der Waals surface area contributed by atoms with E-state index in [1.165, 1.54) is 0 Å². The van der Waals surface area contributed by atoms with Crippen LogP contribution in [-0.2, 0) is 9.53 Å². The number of methoxy groups -OCH3 is 2. The third-order valence-electron chi connectivity index (χ3n) is 9.29. The minimum atomic E-state index is -0.229. The van der Waals surface area contributed by atoms with Gasteiger partial charge in [-0.2, -0.15) is 5.10 Å².